The Kier molecular flexibility index (Phi) is 7.15. The van der Waals surface area contributed by atoms with Crippen LogP contribution in [0.3, 0.4) is 0 Å². The zero-order chi connectivity index (χ0) is 18.7. The van der Waals surface area contributed by atoms with E-state index in [0.29, 0.717) is 29.6 Å². The highest BCUT2D eigenvalue weighted by Gasteiger charge is 2.18. The Bertz CT molecular complexity index is 854. The van der Waals surface area contributed by atoms with Gasteiger partial charge in [0.15, 0.2) is 0 Å². The number of aromatic nitrogens is 1. The fourth-order valence-corrected chi connectivity index (χ4v) is 2.97. The molecule has 1 atom stereocenters. The summed E-state index contributed by atoms with van der Waals surface area (Å²) in [6.07, 6.45) is -0.0630. The first-order chi connectivity index (χ1) is 12.4. The molecule has 0 saturated carbocycles. The van der Waals surface area contributed by atoms with Gasteiger partial charge in [-0.1, -0.05) is 17.7 Å². The number of benzene rings is 1. The van der Waals surface area contributed by atoms with Gasteiger partial charge in [-0.15, -0.1) is 12.4 Å². The Hall–Kier alpha value is -2.19. The third kappa shape index (κ3) is 5.17. The van der Waals surface area contributed by atoms with Crippen molar-refractivity contribution in [3.63, 3.8) is 0 Å². The average molecular weight is 411 g/mol. The van der Waals surface area contributed by atoms with Crippen molar-refractivity contribution in [3.8, 4) is 0 Å². The summed E-state index contributed by atoms with van der Waals surface area (Å²) in [5.74, 6) is -1.09. The number of rotatable bonds is 4. The Balaban J connectivity index is 0.00000261. The number of hydrogen-bond donors (Lipinski definition) is 3. The molecule has 4 N–H and O–H groups in total. The van der Waals surface area contributed by atoms with E-state index in [4.69, 9.17) is 22.1 Å². The van der Waals surface area contributed by atoms with Crippen LogP contribution in [0.25, 0.3) is 0 Å². The highest BCUT2D eigenvalue weighted by molar-refractivity contribution is 6.34. The summed E-state index contributed by atoms with van der Waals surface area (Å²) in [6.45, 7) is 3.87. The van der Waals surface area contributed by atoms with E-state index in [9.17, 15) is 9.59 Å². The van der Waals surface area contributed by atoms with Gasteiger partial charge in [0, 0.05) is 24.3 Å². The molecule has 1 aliphatic heterocycles. The number of morpholine rings is 1. The van der Waals surface area contributed by atoms with E-state index in [1.165, 1.54) is 6.07 Å². The average Bonchev–Trinajstić information content (AvgIpc) is 2.63. The van der Waals surface area contributed by atoms with Crippen LogP contribution in [-0.4, -0.2) is 36.5 Å². The molecule has 0 radical (unpaired) electrons. The molecule has 1 fully saturated rings. The first-order valence-electron chi connectivity index (χ1n) is 8.15. The van der Waals surface area contributed by atoms with Gasteiger partial charge < -0.3 is 21.1 Å². The standard InChI is InChI=1S/C18H19ClN4O3.ClH/c1-10-6-12(8-15(22-10)17(20)24)18(25)23-14-3-2-11(7-13(14)19)16-9-21-4-5-26-16;/h2-3,6-8,16,21H,4-5,9H2,1H3,(H2,20,24)(H,23,25);1H/t16-;/m1./s1. The molecule has 2 amide bonds. The molecule has 2 heterocycles. The van der Waals surface area contributed by atoms with Gasteiger partial charge in [0.1, 0.15) is 5.69 Å². The van der Waals surface area contributed by atoms with Crippen LogP contribution in [0.15, 0.2) is 30.3 Å². The summed E-state index contributed by atoms with van der Waals surface area (Å²) < 4.78 is 5.70. The molecule has 0 spiro atoms. The number of amides is 2. The fraction of sp³-hybridized carbons (Fsp3) is 0.278. The highest BCUT2D eigenvalue weighted by Crippen LogP contribution is 2.28. The largest absolute Gasteiger partial charge is 0.371 e. The minimum Gasteiger partial charge on any atom is -0.371 e. The van der Waals surface area contributed by atoms with Crippen molar-refractivity contribution in [3.05, 3.63) is 57.9 Å². The smallest absolute Gasteiger partial charge is 0.267 e. The normalized spacial score (nSPS) is 16.3. The van der Waals surface area contributed by atoms with Crippen molar-refractivity contribution in [1.82, 2.24) is 10.3 Å². The Morgan fingerprint density at radius 1 is 1.33 bits per heavy atom. The molecule has 0 aliphatic carbocycles. The minimum absolute atomic E-state index is 0. The summed E-state index contributed by atoms with van der Waals surface area (Å²) in [7, 11) is 0. The van der Waals surface area contributed by atoms with E-state index in [1.807, 2.05) is 6.07 Å². The van der Waals surface area contributed by atoms with Gasteiger partial charge in [0.25, 0.3) is 11.8 Å². The second-order valence-electron chi connectivity index (χ2n) is 6.00. The molecular formula is C18H20Cl2N4O3. The van der Waals surface area contributed by atoms with Crippen LogP contribution in [0.1, 0.15) is 38.2 Å². The van der Waals surface area contributed by atoms with Crippen LogP contribution in [0, 0.1) is 6.92 Å². The van der Waals surface area contributed by atoms with Crippen LogP contribution in [0.5, 0.6) is 0 Å². The van der Waals surface area contributed by atoms with Crippen molar-refractivity contribution in [2.24, 2.45) is 5.73 Å². The SMILES string of the molecule is Cc1cc(C(=O)Nc2ccc([C@H]3CNCCO3)cc2Cl)cc(C(N)=O)n1.Cl. The first-order valence-corrected chi connectivity index (χ1v) is 8.53. The van der Waals surface area contributed by atoms with Gasteiger partial charge in [0.2, 0.25) is 0 Å². The predicted molar refractivity (Wildman–Crippen MR) is 106 cm³/mol. The third-order valence-electron chi connectivity index (χ3n) is 4.01. The van der Waals surface area contributed by atoms with E-state index in [-0.39, 0.29) is 29.8 Å². The number of pyridine rings is 1. The van der Waals surface area contributed by atoms with Gasteiger partial charge >= 0.3 is 0 Å². The molecule has 0 unspecified atom stereocenters. The fourth-order valence-electron chi connectivity index (χ4n) is 2.73. The van der Waals surface area contributed by atoms with E-state index in [2.05, 4.69) is 15.6 Å². The number of anilines is 1. The minimum atomic E-state index is -0.689. The number of halogens is 2. The summed E-state index contributed by atoms with van der Waals surface area (Å²) in [4.78, 5) is 27.8. The maximum atomic E-state index is 12.5. The summed E-state index contributed by atoms with van der Waals surface area (Å²) in [6, 6.07) is 8.31. The van der Waals surface area contributed by atoms with Gasteiger partial charge in [-0.3, -0.25) is 9.59 Å². The summed E-state index contributed by atoms with van der Waals surface area (Å²) in [5, 5.41) is 6.41. The van der Waals surface area contributed by atoms with Crippen LogP contribution < -0.4 is 16.4 Å². The summed E-state index contributed by atoms with van der Waals surface area (Å²) in [5.41, 5.74) is 7.50. The van der Waals surface area contributed by atoms with Crippen molar-refractivity contribution >= 4 is 41.5 Å². The molecule has 3 rings (SSSR count). The van der Waals surface area contributed by atoms with Crippen LogP contribution in [0.2, 0.25) is 5.02 Å². The maximum Gasteiger partial charge on any atom is 0.267 e. The molecule has 7 nitrogen and oxygen atoms in total. The number of carbonyl (C=O) groups excluding carboxylic acids is 2. The lowest BCUT2D eigenvalue weighted by Gasteiger charge is -2.24. The quantitative estimate of drug-likeness (QED) is 0.717. The van der Waals surface area contributed by atoms with Crippen molar-refractivity contribution in [2.45, 2.75) is 13.0 Å². The number of primary amides is 1. The first kappa shape index (κ1) is 21.1. The number of aryl methyl sites for hydroxylation is 1. The van der Waals surface area contributed by atoms with Crippen LogP contribution in [0.4, 0.5) is 5.69 Å². The molecule has 1 aromatic carbocycles. The van der Waals surface area contributed by atoms with Gasteiger partial charge in [-0.25, -0.2) is 4.98 Å². The molecular weight excluding hydrogens is 391 g/mol. The third-order valence-corrected chi connectivity index (χ3v) is 4.32. The Morgan fingerprint density at radius 3 is 2.74 bits per heavy atom. The zero-order valence-electron chi connectivity index (χ0n) is 14.6. The molecule has 0 bridgehead atoms. The van der Waals surface area contributed by atoms with E-state index < -0.39 is 11.8 Å². The molecule has 27 heavy (non-hydrogen) atoms. The number of nitrogens with one attached hydrogen (secondary N) is 2. The van der Waals surface area contributed by atoms with Crippen molar-refractivity contribution in [2.75, 3.05) is 25.0 Å². The topological polar surface area (TPSA) is 106 Å². The molecule has 1 aromatic heterocycles. The molecule has 9 heteroatoms. The molecule has 1 aliphatic rings. The van der Waals surface area contributed by atoms with Gasteiger partial charge in [0.05, 0.1) is 23.4 Å². The van der Waals surface area contributed by atoms with E-state index in [1.54, 1.807) is 25.1 Å². The highest BCUT2D eigenvalue weighted by atomic mass is 35.5. The predicted octanol–water partition coefficient (Wildman–Crippen LogP) is 2.48. The van der Waals surface area contributed by atoms with Crippen LogP contribution >= 0.6 is 24.0 Å². The van der Waals surface area contributed by atoms with E-state index in [0.717, 1.165) is 12.1 Å². The lowest BCUT2D eigenvalue weighted by atomic mass is 10.1. The molecule has 1 saturated heterocycles. The van der Waals surface area contributed by atoms with Crippen molar-refractivity contribution < 1.29 is 14.3 Å². The monoisotopic (exact) mass is 410 g/mol. The number of carbonyl (C=O) groups is 2. The summed E-state index contributed by atoms with van der Waals surface area (Å²) >= 11 is 6.32. The Morgan fingerprint density at radius 2 is 2.11 bits per heavy atom. The molecule has 2 aromatic rings. The van der Waals surface area contributed by atoms with Gasteiger partial charge in [-0.05, 0) is 36.8 Å². The second-order valence-corrected chi connectivity index (χ2v) is 6.41. The zero-order valence-corrected chi connectivity index (χ0v) is 16.2. The lowest BCUT2D eigenvalue weighted by molar-refractivity contribution is 0.0277. The lowest BCUT2D eigenvalue weighted by Crippen LogP contribution is -2.33. The van der Waals surface area contributed by atoms with E-state index >= 15 is 0 Å². The number of hydrogen-bond acceptors (Lipinski definition) is 5. The second kappa shape index (κ2) is 9.14. The van der Waals surface area contributed by atoms with Crippen LogP contribution in [-0.2, 0) is 4.74 Å². The number of nitrogens with two attached hydrogens (primary N) is 1. The number of ether oxygens (including phenoxy) is 1. The van der Waals surface area contributed by atoms with Gasteiger partial charge in [-0.2, -0.15) is 0 Å². The molecule has 144 valence electrons. The Labute approximate surface area is 168 Å². The number of nitrogens with zero attached hydrogens (tertiary/aromatic N) is 1. The maximum absolute atomic E-state index is 12.5. The van der Waals surface area contributed by atoms with Crippen molar-refractivity contribution in [1.29, 1.82) is 0 Å².